The molecule has 0 N–H and O–H groups in total. The molecule has 164 valence electrons. The second-order valence-corrected chi connectivity index (χ2v) is 8.79. The first-order valence-corrected chi connectivity index (χ1v) is 11.5. The van der Waals surface area contributed by atoms with Gasteiger partial charge in [0.1, 0.15) is 11.5 Å². The Labute approximate surface area is 206 Å². The quantitative estimate of drug-likeness (QED) is 0.251. The van der Waals surface area contributed by atoms with Crippen molar-refractivity contribution in [3.63, 3.8) is 0 Å². The van der Waals surface area contributed by atoms with Crippen molar-refractivity contribution >= 4 is 34.0 Å². The first-order valence-electron chi connectivity index (χ1n) is 10.8. The van der Waals surface area contributed by atoms with Gasteiger partial charge in [-0.2, -0.15) is 0 Å². The van der Waals surface area contributed by atoms with Crippen LogP contribution in [-0.2, 0) is 0 Å². The predicted octanol–water partition coefficient (Wildman–Crippen LogP) is 9.40. The molecular formula is C29H17Cl2NO2. The highest BCUT2D eigenvalue weighted by atomic mass is 35.5. The van der Waals surface area contributed by atoms with Crippen LogP contribution in [0.2, 0.25) is 10.0 Å². The molecule has 2 heterocycles. The van der Waals surface area contributed by atoms with Crippen molar-refractivity contribution in [1.29, 1.82) is 0 Å². The molecule has 0 bridgehead atoms. The molecule has 6 rings (SSSR count). The van der Waals surface area contributed by atoms with Crippen LogP contribution in [0.4, 0.5) is 0 Å². The lowest BCUT2D eigenvalue weighted by Gasteiger charge is -2.08. The molecule has 0 aliphatic heterocycles. The van der Waals surface area contributed by atoms with Crippen LogP contribution in [0.25, 0.3) is 56.2 Å². The minimum atomic E-state index is 0.564. The van der Waals surface area contributed by atoms with Gasteiger partial charge in [0, 0.05) is 32.3 Å². The fraction of sp³-hybridized carbons (Fsp3) is 0. The summed E-state index contributed by atoms with van der Waals surface area (Å²) >= 11 is 12.0. The third-order valence-electron chi connectivity index (χ3n) is 5.79. The number of benzene rings is 4. The van der Waals surface area contributed by atoms with Gasteiger partial charge in [-0.1, -0.05) is 47.5 Å². The summed E-state index contributed by atoms with van der Waals surface area (Å²) in [6.07, 6.45) is 1.74. The summed E-state index contributed by atoms with van der Waals surface area (Å²) in [5, 5.41) is 3.47. The molecule has 2 aromatic heterocycles. The van der Waals surface area contributed by atoms with Gasteiger partial charge in [-0.15, -0.1) is 0 Å². The van der Waals surface area contributed by atoms with Gasteiger partial charge in [0.25, 0.3) is 0 Å². The van der Waals surface area contributed by atoms with Crippen molar-refractivity contribution in [2.45, 2.75) is 0 Å². The van der Waals surface area contributed by atoms with Crippen molar-refractivity contribution in [1.82, 2.24) is 4.98 Å². The van der Waals surface area contributed by atoms with Crippen molar-refractivity contribution in [2.24, 2.45) is 0 Å². The molecule has 0 spiro atoms. The number of aromatic nitrogens is 1. The van der Waals surface area contributed by atoms with Crippen molar-refractivity contribution < 1.29 is 8.83 Å². The maximum atomic E-state index is 6.23. The molecule has 0 amide bonds. The van der Waals surface area contributed by atoms with Gasteiger partial charge >= 0.3 is 0 Å². The molecule has 0 aliphatic rings. The Morgan fingerprint density at radius 2 is 1.06 bits per heavy atom. The normalized spacial score (nSPS) is 11.2. The van der Waals surface area contributed by atoms with E-state index < -0.39 is 0 Å². The van der Waals surface area contributed by atoms with E-state index in [1.165, 1.54) is 0 Å². The van der Waals surface area contributed by atoms with Gasteiger partial charge in [-0.05, 0) is 83.6 Å². The van der Waals surface area contributed by atoms with Crippen LogP contribution in [0.1, 0.15) is 0 Å². The summed E-state index contributed by atoms with van der Waals surface area (Å²) in [6.45, 7) is 0. The highest BCUT2D eigenvalue weighted by Crippen LogP contribution is 2.38. The van der Waals surface area contributed by atoms with E-state index in [4.69, 9.17) is 32.0 Å². The topological polar surface area (TPSA) is 39.2 Å². The van der Waals surface area contributed by atoms with Gasteiger partial charge in [-0.25, -0.2) is 4.98 Å². The summed E-state index contributed by atoms with van der Waals surface area (Å²) in [4.78, 5) is 4.55. The van der Waals surface area contributed by atoms with Crippen LogP contribution < -0.4 is 0 Å². The molecule has 5 heteroatoms. The largest absolute Gasteiger partial charge is 0.456 e. The molecule has 0 radical (unpaired) electrons. The Morgan fingerprint density at radius 1 is 0.500 bits per heavy atom. The van der Waals surface area contributed by atoms with Crippen LogP contribution in [0.15, 0.2) is 112 Å². The Morgan fingerprint density at radius 3 is 1.74 bits per heavy atom. The average Bonchev–Trinajstić information content (AvgIpc) is 3.55. The van der Waals surface area contributed by atoms with Crippen LogP contribution in [-0.4, -0.2) is 4.98 Å². The molecule has 4 aromatic carbocycles. The SMILES string of the molecule is Clc1ccc(-c2ccc(-c3ccc(-c4ncc(-c5ccc(Cl)cc5)o4)c4ccccc34)o2)cc1. The van der Waals surface area contributed by atoms with Crippen LogP contribution in [0.5, 0.6) is 0 Å². The van der Waals surface area contributed by atoms with E-state index in [2.05, 4.69) is 17.1 Å². The lowest BCUT2D eigenvalue weighted by molar-refractivity contribution is 0.589. The number of hydrogen-bond acceptors (Lipinski definition) is 3. The van der Waals surface area contributed by atoms with E-state index in [-0.39, 0.29) is 0 Å². The fourth-order valence-corrected chi connectivity index (χ4v) is 4.35. The Hall–Kier alpha value is -3.79. The molecule has 0 fully saturated rings. The fourth-order valence-electron chi connectivity index (χ4n) is 4.10. The molecule has 34 heavy (non-hydrogen) atoms. The lowest BCUT2D eigenvalue weighted by atomic mass is 9.98. The van der Waals surface area contributed by atoms with Crippen LogP contribution in [0.3, 0.4) is 0 Å². The number of rotatable bonds is 4. The van der Waals surface area contributed by atoms with Gasteiger partial charge in [0.15, 0.2) is 5.76 Å². The number of oxazole rings is 1. The molecule has 0 unspecified atom stereocenters. The number of furan rings is 1. The standard InChI is InChI=1S/C29H17Cl2NO2/c30-20-9-5-18(6-10-20)26-15-16-27(33-26)24-13-14-25(23-4-2-1-3-22(23)24)29-32-17-28(34-29)19-7-11-21(31)12-8-19/h1-17H. The van der Waals surface area contributed by atoms with E-state index in [9.17, 15) is 0 Å². The minimum Gasteiger partial charge on any atom is -0.456 e. The van der Waals surface area contributed by atoms with Crippen molar-refractivity contribution in [3.8, 4) is 45.4 Å². The molecule has 0 saturated carbocycles. The predicted molar refractivity (Wildman–Crippen MR) is 138 cm³/mol. The second-order valence-electron chi connectivity index (χ2n) is 7.91. The van der Waals surface area contributed by atoms with Crippen LogP contribution >= 0.6 is 23.2 Å². The highest BCUT2D eigenvalue weighted by Gasteiger charge is 2.16. The van der Waals surface area contributed by atoms with Gasteiger partial charge in [-0.3, -0.25) is 0 Å². The van der Waals surface area contributed by atoms with Gasteiger partial charge in [0.2, 0.25) is 5.89 Å². The zero-order valence-corrected chi connectivity index (χ0v) is 19.3. The third-order valence-corrected chi connectivity index (χ3v) is 6.29. The molecule has 0 aliphatic carbocycles. The highest BCUT2D eigenvalue weighted by molar-refractivity contribution is 6.30. The van der Waals surface area contributed by atoms with Crippen molar-refractivity contribution in [3.05, 3.63) is 113 Å². The van der Waals surface area contributed by atoms with Crippen LogP contribution in [0, 0.1) is 0 Å². The maximum Gasteiger partial charge on any atom is 0.227 e. The maximum absolute atomic E-state index is 6.23. The van der Waals surface area contributed by atoms with E-state index >= 15 is 0 Å². The molecule has 0 saturated heterocycles. The Balaban J connectivity index is 1.41. The van der Waals surface area contributed by atoms with E-state index in [0.29, 0.717) is 21.7 Å². The molecule has 3 nitrogen and oxygen atoms in total. The zero-order chi connectivity index (χ0) is 23.1. The Kier molecular flexibility index (Phi) is 5.21. The Bertz CT molecular complexity index is 1490. The monoisotopic (exact) mass is 481 g/mol. The first kappa shape index (κ1) is 20.8. The molecular weight excluding hydrogens is 465 g/mol. The third kappa shape index (κ3) is 3.79. The zero-order valence-electron chi connectivity index (χ0n) is 17.8. The summed E-state index contributed by atoms with van der Waals surface area (Å²) in [5.41, 5.74) is 3.83. The van der Waals surface area contributed by atoms with Gasteiger partial charge < -0.3 is 8.83 Å². The number of fused-ring (bicyclic) bond motifs is 1. The smallest absolute Gasteiger partial charge is 0.227 e. The number of hydrogen-bond donors (Lipinski definition) is 0. The van der Waals surface area contributed by atoms with Gasteiger partial charge in [0.05, 0.1) is 6.20 Å². The number of halogens is 2. The minimum absolute atomic E-state index is 0.564. The lowest BCUT2D eigenvalue weighted by Crippen LogP contribution is -1.85. The van der Waals surface area contributed by atoms with E-state index in [0.717, 1.165) is 44.5 Å². The van der Waals surface area contributed by atoms with E-state index in [1.807, 2.05) is 84.9 Å². The van der Waals surface area contributed by atoms with Crippen molar-refractivity contribution in [2.75, 3.05) is 0 Å². The summed E-state index contributed by atoms with van der Waals surface area (Å²) in [5.74, 6) is 2.84. The summed E-state index contributed by atoms with van der Waals surface area (Å²) in [7, 11) is 0. The average molecular weight is 482 g/mol. The molecule has 6 aromatic rings. The number of nitrogens with zero attached hydrogens (tertiary/aromatic N) is 1. The summed E-state index contributed by atoms with van der Waals surface area (Å²) < 4.78 is 12.4. The second kappa shape index (κ2) is 8.53. The first-order chi connectivity index (χ1) is 16.7. The summed E-state index contributed by atoms with van der Waals surface area (Å²) in [6, 6.07) is 31.4. The molecule has 0 atom stereocenters. The van der Waals surface area contributed by atoms with E-state index in [1.54, 1.807) is 6.20 Å².